The molecule has 9 heteroatoms. The van der Waals surface area contributed by atoms with Crippen LogP contribution in [0.5, 0.6) is 0 Å². The third kappa shape index (κ3) is 6.60. The van der Waals surface area contributed by atoms with Gasteiger partial charge in [-0.25, -0.2) is 9.18 Å². The number of fused-ring (bicyclic) bond motifs is 1. The third-order valence-electron chi connectivity index (χ3n) is 6.64. The highest BCUT2D eigenvalue weighted by atomic mass is 32.1. The number of anilines is 1. The Hall–Kier alpha value is -3.85. The number of ether oxygens (including phenoxy) is 1. The van der Waals surface area contributed by atoms with Crippen LogP contribution < -0.4 is 10.6 Å². The molecule has 3 aromatic rings. The van der Waals surface area contributed by atoms with Gasteiger partial charge in [-0.05, 0) is 56.2 Å². The largest absolute Gasteiger partial charge is 0.454 e. The van der Waals surface area contributed by atoms with Crippen LogP contribution in [0.4, 0.5) is 9.39 Å². The normalized spacial score (nSPS) is 13.4. The van der Waals surface area contributed by atoms with Crippen LogP contribution in [-0.2, 0) is 27.2 Å². The monoisotopic (exact) mass is 550 g/mol. The summed E-state index contributed by atoms with van der Waals surface area (Å²) in [5.74, 6) is -3.40. The topological polar surface area (TPSA) is 102 Å². The Morgan fingerprint density at radius 2 is 1.69 bits per heavy atom. The fourth-order valence-corrected chi connectivity index (χ4v) is 5.80. The van der Waals surface area contributed by atoms with Crippen molar-refractivity contribution in [3.8, 4) is 0 Å². The average Bonchev–Trinajstić information content (AvgIpc) is 3.28. The summed E-state index contributed by atoms with van der Waals surface area (Å²) in [6.07, 6.45) is 3.60. The summed E-state index contributed by atoms with van der Waals surface area (Å²) >= 11 is 1.38. The smallest absolute Gasteiger partial charge is 0.329 e. The molecule has 7 nitrogen and oxygen atoms in total. The SMILES string of the molecule is Cc1ccc(C(=O)c2c(NC(=O)COC(=O)C(NC(=O)c3ccccc3F)C(C)C)sc3c2CCCC3)cc1. The molecule has 1 atom stereocenters. The summed E-state index contributed by atoms with van der Waals surface area (Å²) in [6.45, 7) is 4.75. The van der Waals surface area contributed by atoms with Crippen LogP contribution >= 0.6 is 11.3 Å². The van der Waals surface area contributed by atoms with Crippen LogP contribution in [0, 0.1) is 18.7 Å². The van der Waals surface area contributed by atoms with Crippen LogP contribution in [0.1, 0.15) is 69.0 Å². The number of amides is 2. The van der Waals surface area contributed by atoms with Crippen molar-refractivity contribution in [2.75, 3.05) is 11.9 Å². The minimum Gasteiger partial charge on any atom is -0.454 e. The Bertz CT molecular complexity index is 1400. The molecule has 2 amide bonds. The van der Waals surface area contributed by atoms with Crippen LogP contribution in [0.25, 0.3) is 0 Å². The number of hydrogen-bond acceptors (Lipinski definition) is 6. The lowest BCUT2D eigenvalue weighted by molar-refractivity contribution is -0.150. The zero-order valence-electron chi connectivity index (χ0n) is 22.1. The molecule has 0 aliphatic heterocycles. The van der Waals surface area contributed by atoms with Crippen molar-refractivity contribution < 1.29 is 28.3 Å². The van der Waals surface area contributed by atoms with E-state index in [2.05, 4.69) is 10.6 Å². The van der Waals surface area contributed by atoms with Crippen molar-refractivity contribution >= 4 is 39.9 Å². The standard InChI is InChI=1S/C30H31FN2O5S/c1-17(2)26(33-28(36)20-8-4-6-10-22(20)31)30(37)38-16-24(34)32-29-25(21-9-5-7-11-23(21)39-29)27(35)19-14-12-18(3)13-15-19/h4,6,8,10,12-15,17,26H,5,7,9,11,16H2,1-3H3,(H,32,34)(H,33,36). The summed E-state index contributed by atoms with van der Waals surface area (Å²) in [6, 6.07) is 11.7. The molecule has 0 bridgehead atoms. The number of thiophene rings is 1. The van der Waals surface area contributed by atoms with Gasteiger partial charge in [-0.15, -0.1) is 11.3 Å². The summed E-state index contributed by atoms with van der Waals surface area (Å²) in [5.41, 5.74) is 2.86. The van der Waals surface area contributed by atoms with Crippen molar-refractivity contribution in [2.24, 2.45) is 5.92 Å². The molecule has 1 heterocycles. The molecular weight excluding hydrogens is 519 g/mol. The average molecular weight is 551 g/mol. The van der Waals surface area contributed by atoms with Crippen molar-refractivity contribution in [2.45, 2.75) is 52.5 Å². The van der Waals surface area contributed by atoms with Crippen molar-refractivity contribution in [1.82, 2.24) is 5.32 Å². The molecule has 2 N–H and O–H groups in total. The Balaban J connectivity index is 1.45. The molecule has 0 fully saturated rings. The molecule has 4 rings (SSSR count). The maximum atomic E-state index is 14.0. The second-order valence-electron chi connectivity index (χ2n) is 9.94. The minimum atomic E-state index is -1.09. The van der Waals surface area contributed by atoms with Crippen LogP contribution in [0.2, 0.25) is 0 Å². The number of benzene rings is 2. The highest BCUT2D eigenvalue weighted by Gasteiger charge is 2.29. The van der Waals surface area contributed by atoms with Gasteiger partial charge in [-0.2, -0.15) is 0 Å². The van der Waals surface area contributed by atoms with E-state index in [-0.39, 0.29) is 17.3 Å². The van der Waals surface area contributed by atoms with Gasteiger partial charge in [0.25, 0.3) is 11.8 Å². The maximum Gasteiger partial charge on any atom is 0.329 e. The molecule has 1 unspecified atom stereocenters. The summed E-state index contributed by atoms with van der Waals surface area (Å²) in [4.78, 5) is 52.7. The fourth-order valence-electron chi connectivity index (χ4n) is 4.49. The summed E-state index contributed by atoms with van der Waals surface area (Å²) in [5, 5.41) is 5.72. The molecule has 2 aromatic carbocycles. The van der Waals surface area contributed by atoms with E-state index in [1.54, 1.807) is 26.0 Å². The molecule has 39 heavy (non-hydrogen) atoms. The first-order valence-electron chi connectivity index (χ1n) is 12.9. The van der Waals surface area contributed by atoms with E-state index in [0.717, 1.165) is 47.8 Å². The molecule has 0 saturated heterocycles. The number of hydrogen-bond donors (Lipinski definition) is 2. The van der Waals surface area contributed by atoms with Crippen LogP contribution in [-0.4, -0.2) is 36.2 Å². The Kier molecular flexibility index (Phi) is 8.91. The van der Waals surface area contributed by atoms with E-state index in [4.69, 9.17) is 4.74 Å². The quantitative estimate of drug-likeness (QED) is 0.280. The molecule has 0 saturated carbocycles. The van der Waals surface area contributed by atoms with Gasteiger partial charge >= 0.3 is 5.97 Å². The van der Waals surface area contributed by atoms with Gasteiger partial charge in [-0.3, -0.25) is 14.4 Å². The van der Waals surface area contributed by atoms with Crippen LogP contribution in [0.15, 0.2) is 48.5 Å². The highest BCUT2D eigenvalue weighted by Crippen LogP contribution is 2.39. The van der Waals surface area contributed by atoms with Crippen LogP contribution in [0.3, 0.4) is 0 Å². The predicted octanol–water partition coefficient (Wildman–Crippen LogP) is 5.24. The van der Waals surface area contributed by atoms with Gasteiger partial charge in [0.15, 0.2) is 12.4 Å². The van der Waals surface area contributed by atoms with E-state index >= 15 is 0 Å². The van der Waals surface area contributed by atoms with E-state index in [0.29, 0.717) is 16.1 Å². The zero-order chi connectivity index (χ0) is 28.1. The van der Waals surface area contributed by atoms with E-state index in [9.17, 15) is 23.6 Å². The lowest BCUT2D eigenvalue weighted by atomic mass is 9.91. The summed E-state index contributed by atoms with van der Waals surface area (Å²) < 4.78 is 19.2. The molecule has 1 aliphatic carbocycles. The Morgan fingerprint density at radius 3 is 2.38 bits per heavy atom. The summed E-state index contributed by atoms with van der Waals surface area (Å²) in [7, 11) is 0. The molecule has 204 valence electrons. The molecule has 1 aliphatic rings. The fraction of sp³-hybridized carbons (Fsp3) is 0.333. The number of carbonyl (C=O) groups is 4. The van der Waals surface area contributed by atoms with Gasteiger partial charge in [0.2, 0.25) is 0 Å². The highest BCUT2D eigenvalue weighted by molar-refractivity contribution is 7.17. The van der Waals surface area contributed by atoms with E-state index in [1.807, 2.05) is 19.1 Å². The van der Waals surface area contributed by atoms with Gasteiger partial charge in [0.05, 0.1) is 11.1 Å². The lowest BCUT2D eigenvalue weighted by Gasteiger charge is -2.21. The first kappa shape index (κ1) is 28.2. The Morgan fingerprint density at radius 1 is 1.00 bits per heavy atom. The molecule has 1 aromatic heterocycles. The molecule has 0 spiro atoms. The first-order valence-corrected chi connectivity index (χ1v) is 13.7. The van der Waals surface area contributed by atoms with E-state index in [1.165, 1.54) is 29.5 Å². The number of halogens is 1. The van der Waals surface area contributed by atoms with E-state index < -0.39 is 36.2 Å². The number of carbonyl (C=O) groups excluding carboxylic acids is 4. The first-order chi connectivity index (χ1) is 18.7. The zero-order valence-corrected chi connectivity index (χ0v) is 23.0. The number of ketones is 1. The lowest BCUT2D eigenvalue weighted by Crippen LogP contribution is -2.46. The van der Waals surface area contributed by atoms with Gasteiger partial charge in [0, 0.05) is 10.4 Å². The number of nitrogens with one attached hydrogen (secondary N) is 2. The second-order valence-corrected chi connectivity index (χ2v) is 11.0. The number of rotatable bonds is 9. The second kappa shape index (κ2) is 12.3. The van der Waals surface area contributed by atoms with Gasteiger partial charge < -0.3 is 15.4 Å². The third-order valence-corrected chi connectivity index (χ3v) is 7.84. The van der Waals surface area contributed by atoms with Crippen molar-refractivity contribution in [3.05, 3.63) is 87.0 Å². The van der Waals surface area contributed by atoms with Crippen molar-refractivity contribution in [3.63, 3.8) is 0 Å². The van der Waals surface area contributed by atoms with Gasteiger partial charge in [0.1, 0.15) is 16.9 Å². The van der Waals surface area contributed by atoms with Crippen molar-refractivity contribution in [1.29, 1.82) is 0 Å². The predicted molar refractivity (Wildman–Crippen MR) is 148 cm³/mol. The molecule has 0 radical (unpaired) electrons. The number of aryl methyl sites for hydroxylation is 2. The minimum absolute atomic E-state index is 0.155. The van der Waals surface area contributed by atoms with Gasteiger partial charge in [-0.1, -0.05) is 55.8 Å². The Labute approximate surface area is 230 Å². The molecular formula is C30H31FN2O5S. The maximum absolute atomic E-state index is 14.0. The number of esters is 1.